The summed E-state index contributed by atoms with van der Waals surface area (Å²) in [7, 11) is 1.71. The Bertz CT molecular complexity index is 1070. The minimum Gasteiger partial charge on any atom is -0.351 e. The Labute approximate surface area is 161 Å². The summed E-state index contributed by atoms with van der Waals surface area (Å²) in [6, 6.07) is 14.2. The minimum absolute atomic E-state index is 0.104. The maximum atomic E-state index is 12.4. The third-order valence-electron chi connectivity index (χ3n) is 4.49. The van der Waals surface area contributed by atoms with Gasteiger partial charge < -0.3 is 16.4 Å². The summed E-state index contributed by atoms with van der Waals surface area (Å²) in [6.07, 6.45) is 0.104. The lowest BCUT2D eigenvalue weighted by atomic mass is 10.1. The second-order valence-electron chi connectivity index (χ2n) is 6.37. The van der Waals surface area contributed by atoms with Gasteiger partial charge in [-0.2, -0.15) is 0 Å². The normalized spacial score (nSPS) is 10.8. The van der Waals surface area contributed by atoms with E-state index in [1.165, 1.54) is 0 Å². The number of carbonyl (C=O) groups is 2. The van der Waals surface area contributed by atoms with Crippen molar-refractivity contribution in [3.8, 4) is 0 Å². The topological polar surface area (TPSA) is 111 Å². The van der Waals surface area contributed by atoms with Gasteiger partial charge in [0.05, 0.1) is 22.3 Å². The van der Waals surface area contributed by atoms with Crippen molar-refractivity contribution < 1.29 is 9.59 Å². The molecule has 0 aliphatic heterocycles. The van der Waals surface area contributed by atoms with E-state index in [0.29, 0.717) is 24.3 Å². The number of aryl methyl sites for hydroxylation is 2. The van der Waals surface area contributed by atoms with E-state index < -0.39 is 0 Å². The van der Waals surface area contributed by atoms with E-state index >= 15 is 0 Å². The highest BCUT2D eigenvalue weighted by Gasteiger charge is 2.14. The fourth-order valence-corrected chi connectivity index (χ4v) is 3.08. The van der Waals surface area contributed by atoms with Crippen molar-refractivity contribution in [2.45, 2.75) is 13.0 Å². The lowest BCUT2D eigenvalue weighted by Crippen LogP contribution is -2.30. The third kappa shape index (κ3) is 3.96. The number of nitrogens with one attached hydrogen (secondary N) is 2. The van der Waals surface area contributed by atoms with Gasteiger partial charge in [-0.1, -0.05) is 24.3 Å². The predicted octanol–water partition coefficient (Wildman–Crippen LogP) is 1.06. The molecule has 146 valence electrons. The fraction of sp³-hybridized carbons (Fsp3) is 0.250. The molecule has 0 saturated heterocycles. The summed E-state index contributed by atoms with van der Waals surface area (Å²) in [5.74, 6) is -0.578. The zero-order valence-electron chi connectivity index (χ0n) is 15.6. The maximum absolute atomic E-state index is 12.4. The van der Waals surface area contributed by atoms with Crippen LogP contribution in [-0.2, 0) is 18.4 Å². The summed E-state index contributed by atoms with van der Waals surface area (Å²) < 4.78 is 3.14. The van der Waals surface area contributed by atoms with Crippen LogP contribution in [0.1, 0.15) is 16.8 Å². The van der Waals surface area contributed by atoms with Gasteiger partial charge in [0.2, 0.25) is 5.91 Å². The summed E-state index contributed by atoms with van der Waals surface area (Å²) in [5.41, 5.74) is 7.62. The Morgan fingerprint density at radius 2 is 1.71 bits per heavy atom. The average Bonchev–Trinajstić information content (AvgIpc) is 2.95. The average molecular weight is 381 g/mol. The number of nitrogens with two attached hydrogens (primary N) is 1. The van der Waals surface area contributed by atoms with Crippen molar-refractivity contribution in [3.63, 3.8) is 0 Å². The van der Waals surface area contributed by atoms with Crippen LogP contribution < -0.4 is 22.1 Å². The number of para-hydroxylation sites is 3. The lowest BCUT2D eigenvalue weighted by Gasteiger charge is -2.11. The number of aromatic nitrogens is 2. The first-order valence-corrected chi connectivity index (χ1v) is 9.04. The molecule has 4 N–H and O–H groups in total. The SMILES string of the molecule is Cn1c(=O)n(CCC(=O)Nc2ccccc2C(=O)NCCN)c2ccccc21. The van der Waals surface area contributed by atoms with Crippen LogP contribution in [0.2, 0.25) is 0 Å². The van der Waals surface area contributed by atoms with E-state index in [1.807, 2.05) is 24.3 Å². The van der Waals surface area contributed by atoms with Gasteiger partial charge in [-0.3, -0.25) is 18.7 Å². The van der Waals surface area contributed by atoms with Crippen LogP contribution in [0.4, 0.5) is 5.69 Å². The number of rotatable bonds is 7. The number of benzene rings is 2. The standard InChI is InChI=1S/C20H23N5O3/c1-24-16-8-4-5-9-17(16)25(20(24)28)13-10-18(26)23-15-7-3-2-6-14(15)19(27)22-12-11-21/h2-9H,10-13,21H2,1H3,(H,22,27)(H,23,26). The molecular weight excluding hydrogens is 358 g/mol. The molecule has 1 aromatic heterocycles. The number of hydrogen-bond acceptors (Lipinski definition) is 4. The summed E-state index contributed by atoms with van der Waals surface area (Å²) in [6.45, 7) is 0.929. The third-order valence-corrected chi connectivity index (χ3v) is 4.49. The van der Waals surface area contributed by atoms with Crippen LogP contribution in [0, 0.1) is 0 Å². The van der Waals surface area contributed by atoms with E-state index in [1.54, 1.807) is 40.4 Å². The molecule has 8 heteroatoms. The number of fused-ring (bicyclic) bond motifs is 1. The van der Waals surface area contributed by atoms with Gasteiger partial charge >= 0.3 is 5.69 Å². The highest BCUT2D eigenvalue weighted by Crippen LogP contribution is 2.16. The molecule has 0 atom stereocenters. The molecule has 0 radical (unpaired) electrons. The van der Waals surface area contributed by atoms with Gasteiger partial charge in [0.25, 0.3) is 5.91 Å². The van der Waals surface area contributed by atoms with Gasteiger partial charge in [0.15, 0.2) is 0 Å². The Morgan fingerprint density at radius 1 is 1.04 bits per heavy atom. The zero-order valence-corrected chi connectivity index (χ0v) is 15.6. The number of amides is 2. The largest absolute Gasteiger partial charge is 0.351 e. The molecule has 8 nitrogen and oxygen atoms in total. The predicted molar refractivity (Wildman–Crippen MR) is 108 cm³/mol. The highest BCUT2D eigenvalue weighted by molar-refractivity contribution is 6.03. The van der Waals surface area contributed by atoms with Crippen molar-refractivity contribution >= 4 is 28.5 Å². The summed E-state index contributed by atoms with van der Waals surface area (Å²) in [4.78, 5) is 37.1. The smallest absolute Gasteiger partial charge is 0.328 e. The van der Waals surface area contributed by atoms with Crippen LogP contribution in [0.15, 0.2) is 53.3 Å². The van der Waals surface area contributed by atoms with E-state index in [2.05, 4.69) is 10.6 Å². The minimum atomic E-state index is -0.299. The molecule has 0 fully saturated rings. The number of nitrogens with zero attached hydrogens (tertiary/aromatic N) is 2. The molecule has 1 heterocycles. The molecular formula is C20H23N5O3. The van der Waals surface area contributed by atoms with Crippen molar-refractivity contribution in [2.75, 3.05) is 18.4 Å². The summed E-state index contributed by atoms with van der Waals surface area (Å²) in [5, 5.41) is 5.45. The molecule has 28 heavy (non-hydrogen) atoms. The Hall–Kier alpha value is -3.39. The van der Waals surface area contributed by atoms with Crippen LogP contribution in [-0.4, -0.2) is 34.0 Å². The molecule has 3 rings (SSSR count). The molecule has 0 bridgehead atoms. The molecule has 2 aromatic carbocycles. The maximum Gasteiger partial charge on any atom is 0.328 e. The van der Waals surface area contributed by atoms with E-state index in [9.17, 15) is 14.4 Å². The van der Waals surface area contributed by atoms with E-state index in [-0.39, 0.29) is 30.5 Å². The Kier molecular flexibility index (Phi) is 5.90. The monoisotopic (exact) mass is 381 g/mol. The van der Waals surface area contributed by atoms with Crippen LogP contribution in [0.3, 0.4) is 0 Å². The number of hydrogen-bond donors (Lipinski definition) is 3. The molecule has 0 unspecified atom stereocenters. The summed E-state index contributed by atoms with van der Waals surface area (Å²) >= 11 is 0. The van der Waals surface area contributed by atoms with Crippen LogP contribution in [0.25, 0.3) is 11.0 Å². The molecule has 0 aliphatic rings. The molecule has 2 amide bonds. The molecule has 0 spiro atoms. The molecule has 0 saturated carbocycles. The fourth-order valence-electron chi connectivity index (χ4n) is 3.08. The van der Waals surface area contributed by atoms with Gasteiger partial charge in [0, 0.05) is 33.1 Å². The lowest BCUT2D eigenvalue weighted by molar-refractivity contribution is -0.116. The van der Waals surface area contributed by atoms with Crippen molar-refractivity contribution in [1.82, 2.24) is 14.5 Å². The number of imidazole rings is 1. The van der Waals surface area contributed by atoms with E-state index in [4.69, 9.17) is 5.73 Å². The van der Waals surface area contributed by atoms with E-state index in [0.717, 1.165) is 11.0 Å². The van der Waals surface area contributed by atoms with Gasteiger partial charge in [-0.15, -0.1) is 0 Å². The zero-order chi connectivity index (χ0) is 20.1. The number of carbonyl (C=O) groups excluding carboxylic acids is 2. The van der Waals surface area contributed by atoms with Crippen molar-refractivity contribution in [1.29, 1.82) is 0 Å². The second kappa shape index (κ2) is 8.53. The van der Waals surface area contributed by atoms with Crippen LogP contribution in [0.5, 0.6) is 0 Å². The van der Waals surface area contributed by atoms with Crippen LogP contribution >= 0.6 is 0 Å². The first-order chi connectivity index (χ1) is 13.5. The van der Waals surface area contributed by atoms with Gasteiger partial charge in [-0.05, 0) is 24.3 Å². The van der Waals surface area contributed by atoms with Gasteiger partial charge in [-0.25, -0.2) is 4.79 Å². The Morgan fingerprint density at radius 3 is 2.46 bits per heavy atom. The first kappa shape index (κ1) is 19.4. The highest BCUT2D eigenvalue weighted by atomic mass is 16.2. The quantitative estimate of drug-likeness (QED) is 0.568. The number of anilines is 1. The second-order valence-corrected chi connectivity index (χ2v) is 6.37. The molecule has 3 aromatic rings. The Balaban J connectivity index is 1.72. The van der Waals surface area contributed by atoms with Crippen molar-refractivity contribution in [2.24, 2.45) is 12.8 Å². The first-order valence-electron chi connectivity index (χ1n) is 9.04. The van der Waals surface area contributed by atoms with Crippen molar-refractivity contribution in [3.05, 3.63) is 64.6 Å². The molecule has 0 aliphatic carbocycles. The van der Waals surface area contributed by atoms with Gasteiger partial charge in [0.1, 0.15) is 0 Å².